The van der Waals surface area contributed by atoms with Crippen molar-refractivity contribution in [1.29, 1.82) is 0 Å². The topological polar surface area (TPSA) is 4.93 Å². The van der Waals surface area contributed by atoms with Crippen molar-refractivity contribution in [2.45, 2.75) is 49.9 Å². The van der Waals surface area contributed by atoms with Crippen molar-refractivity contribution in [3.05, 3.63) is 47.5 Å². The normalized spacial score (nSPS) is 13.8. The van der Waals surface area contributed by atoms with Crippen molar-refractivity contribution < 1.29 is 0 Å². The van der Waals surface area contributed by atoms with E-state index in [9.17, 15) is 0 Å². The van der Waals surface area contributed by atoms with Crippen molar-refractivity contribution in [3.8, 4) is 0 Å². The van der Waals surface area contributed by atoms with Crippen LogP contribution in [0.2, 0.25) is 0 Å². The number of aromatic nitrogens is 1. The summed E-state index contributed by atoms with van der Waals surface area (Å²) in [7, 11) is 0. The number of fused-ring (bicyclic) bond motifs is 3. The van der Waals surface area contributed by atoms with Crippen LogP contribution >= 0.6 is 45.5 Å². The Bertz CT molecular complexity index is 855. The van der Waals surface area contributed by atoms with Crippen LogP contribution in [0.3, 0.4) is 0 Å². The first-order chi connectivity index (χ1) is 10.8. The molecule has 2 aromatic carbocycles. The zero-order valence-corrected chi connectivity index (χ0v) is 18.5. The monoisotopic (exact) mass is 531 g/mol. The van der Waals surface area contributed by atoms with Gasteiger partial charge in [0.25, 0.3) is 0 Å². The second-order valence-electron chi connectivity index (χ2n) is 7.30. The maximum atomic E-state index is 2.58. The standard InChI is InChI=1S/C20H23I2N/c1-5-6-17(21)13-7-9-18-15(11-13)16-12-14(20(2,3)4)8-10-19(16)23(18)22/h7-12,17H,5-6H2,1-4H3. The molecule has 23 heavy (non-hydrogen) atoms. The molecule has 0 aliphatic rings. The molecule has 0 N–H and O–H groups in total. The van der Waals surface area contributed by atoms with Gasteiger partial charge in [-0.1, -0.05) is 68.8 Å². The van der Waals surface area contributed by atoms with Crippen LogP contribution in [0.1, 0.15) is 55.6 Å². The molecule has 0 aliphatic heterocycles. The van der Waals surface area contributed by atoms with E-state index in [0.717, 1.165) is 0 Å². The zero-order valence-electron chi connectivity index (χ0n) is 14.2. The molecule has 0 saturated heterocycles. The number of halogens is 2. The van der Waals surface area contributed by atoms with Crippen LogP contribution in [0.15, 0.2) is 36.4 Å². The van der Waals surface area contributed by atoms with Gasteiger partial charge >= 0.3 is 0 Å². The first kappa shape index (κ1) is 17.5. The highest BCUT2D eigenvalue weighted by molar-refractivity contribution is 14.1. The summed E-state index contributed by atoms with van der Waals surface area (Å²) in [5.74, 6) is 0. The number of hydrogen-bond donors (Lipinski definition) is 0. The fourth-order valence-corrected chi connectivity index (χ4v) is 4.93. The molecule has 0 spiro atoms. The van der Waals surface area contributed by atoms with Gasteiger partial charge in [-0.2, -0.15) is 0 Å². The molecular weight excluding hydrogens is 508 g/mol. The molecule has 1 atom stereocenters. The van der Waals surface area contributed by atoms with Crippen LogP contribution in [0.4, 0.5) is 0 Å². The van der Waals surface area contributed by atoms with Gasteiger partial charge in [0.2, 0.25) is 0 Å². The lowest BCUT2D eigenvalue weighted by molar-refractivity contribution is 0.591. The minimum Gasteiger partial charge on any atom is -0.282 e. The summed E-state index contributed by atoms with van der Waals surface area (Å²) < 4.78 is 2.89. The molecule has 0 bridgehead atoms. The van der Waals surface area contributed by atoms with E-state index in [1.165, 1.54) is 45.8 Å². The smallest absolute Gasteiger partial charge is 0.0646 e. The Kier molecular flexibility index (Phi) is 4.98. The number of nitrogens with zero attached hydrogens (tertiary/aromatic N) is 1. The van der Waals surface area contributed by atoms with E-state index in [2.05, 4.69) is 112 Å². The molecule has 1 nitrogen and oxygen atoms in total. The molecule has 0 radical (unpaired) electrons. The Hall–Kier alpha value is -0.300. The van der Waals surface area contributed by atoms with Crippen LogP contribution < -0.4 is 0 Å². The van der Waals surface area contributed by atoms with Gasteiger partial charge in [0, 0.05) is 14.7 Å². The zero-order chi connectivity index (χ0) is 16.8. The molecule has 0 amide bonds. The van der Waals surface area contributed by atoms with Gasteiger partial charge in [-0.05, 0) is 47.2 Å². The van der Waals surface area contributed by atoms with Gasteiger partial charge in [0.1, 0.15) is 0 Å². The molecule has 0 fully saturated rings. The third kappa shape index (κ3) is 3.28. The summed E-state index contributed by atoms with van der Waals surface area (Å²) >= 11 is 5.01. The van der Waals surface area contributed by atoms with E-state index in [0.29, 0.717) is 3.92 Å². The van der Waals surface area contributed by atoms with Crippen molar-refractivity contribution in [2.24, 2.45) is 0 Å². The molecule has 122 valence electrons. The van der Waals surface area contributed by atoms with Crippen LogP contribution in [0.5, 0.6) is 0 Å². The van der Waals surface area contributed by atoms with E-state index in [1.807, 2.05) is 0 Å². The third-order valence-electron chi connectivity index (χ3n) is 4.50. The van der Waals surface area contributed by atoms with Crippen LogP contribution in [0.25, 0.3) is 21.8 Å². The number of alkyl halides is 1. The van der Waals surface area contributed by atoms with Crippen LogP contribution in [0, 0.1) is 0 Å². The molecule has 1 aromatic heterocycles. The molecule has 3 aromatic rings. The average molecular weight is 531 g/mol. The van der Waals surface area contributed by atoms with E-state index in [-0.39, 0.29) is 5.41 Å². The second kappa shape index (κ2) is 6.54. The van der Waals surface area contributed by atoms with Crippen molar-refractivity contribution in [2.75, 3.05) is 0 Å². The molecule has 0 aliphatic carbocycles. The lowest BCUT2D eigenvalue weighted by Gasteiger charge is -2.19. The van der Waals surface area contributed by atoms with E-state index in [4.69, 9.17) is 0 Å². The number of rotatable bonds is 3. The number of hydrogen-bond acceptors (Lipinski definition) is 0. The number of benzene rings is 2. The van der Waals surface area contributed by atoms with Gasteiger partial charge in [-0.3, -0.25) is 2.78 Å². The molecule has 3 heteroatoms. The van der Waals surface area contributed by atoms with Gasteiger partial charge in [0.15, 0.2) is 0 Å². The third-order valence-corrected chi connectivity index (χ3v) is 6.88. The molecular formula is C20H23I2N. The summed E-state index contributed by atoms with van der Waals surface area (Å²) in [4.78, 5) is 0. The quantitative estimate of drug-likeness (QED) is 0.243. The predicted octanol–water partition coefficient (Wildman–Crippen LogP) is 7.57. The van der Waals surface area contributed by atoms with Gasteiger partial charge in [-0.15, -0.1) is 0 Å². The van der Waals surface area contributed by atoms with E-state index >= 15 is 0 Å². The summed E-state index contributed by atoms with van der Waals surface area (Å²) in [6.45, 7) is 9.11. The predicted molar refractivity (Wildman–Crippen MR) is 119 cm³/mol. The fourth-order valence-electron chi connectivity index (χ4n) is 3.07. The Morgan fingerprint density at radius 2 is 1.61 bits per heavy atom. The maximum absolute atomic E-state index is 2.58. The summed E-state index contributed by atoms with van der Waals surface area (Å²) in [5.41, 5.74) is 5.66. The highest BCUT2D eigenvalue weighted by Crippen LogP contribution is 2.37. The molecule has 3 rings (SSSR count). The Balaban J connectivity index is 2.26. The highest BCUT2D eigenvalue weighted by Gasteiger charge is 2.17. The van der Waals surface area contributed by atoms with Crippen LogP contribution in [-0.2, 0) is 5.41 Å². The summed E-state index contributed by atoms with van der Waals surface area (Å²) in [5, 5.41) is 2.76. The Morgan fingerprint density at radius 1 is 1.00 bits per heavy atom. The lowest BCUT2D eigenvalue weighted by atomic mass is 9.86. The molecule has 1 unspecified atom stereocenters. The average Bonchev–Trinajstić information content (AvgIpc) is 2.79. The minimum atomic E-state index is 0.180. The first-order valence-electron chi connectivity index (χ1n) is 8.21. The fraction of sp³-hybridized carbons (Fsp3) is 0.400. The summed E-state index contributed by atoms with van der Waals surface area (Å²) in [6, 6.07) is 13.9. The Labute approximate surface area is 166 Å². The van der Waals surface area contributed by atoms with Crippen LogP contribution in [-0.4, -0.2) is 2.78 Å². The van der Waals surface area contributed by atoms with E-state index < -0.39 is 0 Å². The van der Waals surface area contributed by atoms with Crippen molar-refractivity contribution >= 4 is 67.3 Å². The van der Waals surface area contributed by atoms with Gasteiger partial charge in [0.05, 0.1) is 33.9 Å². The minimum absolute atomic E-state index is 0.180. The second-order valence-corrected chi connectivity index (χ2v) is 9.76. The van der Waals surface area contributed by atoms with Crippen molar-refractivity contribution in [1.82, 2.24) is 2.78 Å². The largest absolute Gasteiger partial charge is 0.282 e. The van der Waals surface area contributed by atoms with Gasteiger partial charge < -0.3 is 0 Å². The maximum Gasteiger partial charge on any atom is 0.0646 e. The Morgan fingerprint density at radius 3 is 2.22 bits per heavy atom. The highest BCUT2D eigenvalue weighted by atomic mass is 127. The molecule has 1 heterocycles. The first-order valence-corrected chi connectivity index (χ1v) is 10.4. The lowest BCUT2D eigenvalue weighted by Crippen LogP contribution is -2.10. The summed E-state index contributed by atoms with van der Waals surface area (Å²) in [6.07, 6.45) is 2.47. The van der Waals surface area contributed by atoms with E-state index in [1.54, 1.807) is 0 Å². The van der Waals surface area contributed by atoms with Gasteiger partial charge in [-0.25, -0.2) is 0 Å². The van der Waals surface area contributed by atoms with Crippen molar-refractivity contribution in [3.63, 3.8) is 0 Å². The molecule has 0 saturated carbocycles. The SMILES string of the molecule is CCCC(I)c1ccc2c(c1)c1cc(C(C)(C)C)ccc1n2I.